The third-order valence-electron chi connectivity index (χ3n) is 3.64. The van der Waals surface area contributed by atoms with E-state index in [1.807, 2.05) is 24.8 Å². The van der Waals surface area contributed by atoms with Gasteiger partial charge >= 0.3 is 0 Å². The highest BCUT2D eigenvalue weighted by Crippen LogP contribution is 2.44. The molecule has 3 nitrogen and oxygen atoms in total. The van der Waals surface area contributed by atoms with Crippen LogP contribution < -0.4 is 0 Å². The van der Waals surface area contributed by atoms with Crippen LogP contribution in [0.1, 0.15) is 27.2 Å². The van der Waals surface area contributed by atoms with Gasteiger partial charge in [0, 0.05) is 23.0 Å². The second-order valence-electron chi connectivity index (χ2n) is 5.77. The molecule has 2 aliphatic rings. The van der Waals surface area contributed by atoms with Crippen LogP contribution in [0.2, 0.25) is 0 Å². The predicted octanol–water partition coefficient (Wildman–Crippen LogP) is 3.44. The van der Waals surface area contributed by atoms with Gasteiger partial charge in [-0.2, -0.15) is 0 Å². The van der Waals surface area contributed by atoms with Crippen LogP contribution in [0, 0.1) is 0 Å². The zero-order valence-electron chi connectivity index (χ0n) is 11.6. The SMILES string of the molecule is CC(C)(Sc1ccccc1)[C@H]1C[C@@H]2CO[C@@](C)(O2)O1. The molecule has 4 heteroatoms. The molecule has 0 N–H and O–H groups in total. The van der Waals surface area contributed by atoms with E-state index in [4.69, 9.17) is 14.2 Å². The van der Waals surface area contributed by atoms with Crippen molar-refractivity contribution in [2.45, 2.75) is 55.0 Å². The number of benzene rings is 1. The van der Waals surface area contributed by atoms with Crippen LogP contribution >= 0.6 is 11.8 Å². The molecule has 2 bridgehead atoms. The summed E-state index contributed by atoms with van der Waals surface area (Å²) >= 11 is 1.85. The molecule has 0 radical (unpaired) electrons. The summed E-state index contributed by atoms with van der Waals surface area (Å²) < 4.78 is 17.3. The Bertz CT molecular complexity index is 448. The molecular weight excluding hydrogens is 260 g/mol. The Labute approximate surface area is 118 Å². The summed E-state index contributed by atoms with van der Waals surface area (Å²) in [5.41, 5.74) is 0. The van der Waals surface area contributed by atoms with Crippen molar-refractivity contribution in [3.05, 3.63) is 30.3 Å². The van der Waals surface area contributed by atoms with E-state index in [1.54, 1.807) is 0 Å². The summed E-state index contributed by atoms with van der Waals surface area (Å²) in [5.74, 6) is -0.845. The third kappa shape index (κ3) is 2.82. The second-order valence-corrected chi connectivity index (χ2v) is 7.50. The molecule has 2 heterocycles. The lowest BCUT2D eigenvalue weighted by atomic mass is 9.99. The Balaban J connectivity index is 1.74. The maximum absolute atomic E-state index is 6.04. The Morgan fingerprint density at radius 3 is 2.63 bits per heavy atom. The van der Waals surface area contributed by atoms with Crippen LogP contribution in [0.4, 0.5) is 0 Å². The van der Waals surface area contributed by atoms with E-state index < -0.39 is 5.97 Å². The van der Waals surface area contributed by atoms with E-state index in [-0.39, 0.29) is 17.0 Å². The van der Waals surface area contributed by atoms with E-state index >= 15 is 0 Å². The maximum atomic E-state index is 6.04. The van der Waals surface area contributed by atoms with E-state index in [2.05, 4.69) is 38.1 Å². The monoisotopic (exact) mass is 280 g/mol. The number of rotatable bonds is 3. The molecule has 0 aromatic heterocycles. The zero-order valence-corrected chi connectivity index (χ0v) is 12.4. The number of fused-ring (bicyclic) bond motifs is 2. The largest absolute Gasteiger partial charge is 0.325 e. The fraction of sp³-hybridized carbons (Fsp3) is 0.600. The molecule has 0 unspecified atom stereocenters. The first-order chi connectivity index (χ1) is 8.97. The molecule has 0 aliphatic carbocycles. The smallest absolute Gasteiger partial charge is 0.280 e. The average Bonchev–Trinajstić information content (AvgIpc) is 2.63. The van der Waals surface area contributed by atoms with Gasteiger partial charge in [0.15, 0.2) is 0 Å². The van der Waals surface area contributed by atoms with E-state index in [9.17, 15) is 0 Å². The third-order valence-corrected chi connectivity index (χ3v) is 4.94. The number of thioether (sulfide) groups is 1. The highest BCUT2D eigenvalue weighted by Gasteiger charge is 2.50. The minimum absolute atomic E-state index is 0.0155. The van der Waals surface area contributed by atoms with Gasteiger partial charge in [0.25, 0.3) is 5.97 Å². The molecule has 104 valence electrons. The van der Waals surface area contributed by atoms with Gasteiger partial charge < -0.3 is 14.2 Å². The minimum Gasteiger partial charge on any atom is -0.325 e. The van der Waals surface area contributed by atoms with Crippen molar-refractivity contribution < 1.29 is 14.2 Å². The van der Waals surface area contributed by atoms with E-state index in [0.29, 0.717) is 6.61 Å². The van der Waals surface area contributed by atoms with Crippen LogP contribution in [-0.4, -0.2) is 29.5 Å². The highest BCUT2D eigenvalue weighted by atomic mass is 32.2. The first-order valence-electron chi connectivity index (χ1n) is 6.70. The van der Waals surface area contributed by atoms with Gasteiger partial charge in [0.1, 0.15) is 0 Å². The van der Waals surface area contributed by atoms with Crippen LogP contribution in [0.5, 0.6) is 0 Å². The van der Waals surface area contributed by atoms with Gasteiger partial charge in [-0.15, -0.1) is 11.8 Å². The van der Waals surface area contributed by atoms with Gasteiger partial charge in [-0.05, 0) is 26.0 Å². The molecule has 1 aromatic rings. The van der Waals surface area contributed by atoms with Crippen LogP contribution in [-0.2, 0) is 14.2 Å². The lowest BCUT2D eigenvalue weighted by Crippen LogP contribution is -2.48. The molecule has 1 aromatic carbocycles. The van der Waals surface area contributed by atoms with Gasteiger partial charge in [-0.3, -0.25) is 0 Å². The van der Waals surface area contributed by atoms with Crippen molar-refractivity contribution in [1.29, 1.82) is 0 Å². The molecular formula is C15H20O3S. The Hall–Kier alpha value is -0.550. The van der Waals surface area contributed by atoms with Crippen molar-refractivity contribution in [3.8, 4) is 0 Å². The average molecular weight is 280 g/mol. The second kappa shape index (κ2) is 4.77. The lowest BCUT2D eigenvalue weighted by molar-refractivity contribution is -0.365. The molecule has 0 saturated carbocycles. The van der Waals surface area contributed by atoms with Crippen LogP contribution in [0.3, 0.4) is 0 Å². The fourth-order valence-corrected chi connectivity index (χ4v) is 3.80. The predicted molar refractivity (Wildman–Crippen MR) is 75.1 cm³/mol. The molecule has 2 fully saturated rings. The summed E-state index contributed by atoms with van der Waals surface area (Å²) in [6.45, 7) is 6.95. The van der Waals surface area contributed by atoms with Gasteiger partial charge in [-0.1, -0.05) is 18.2 Å². The first kappa shape index (κ1) is 13.4. The lowest BCUT2D eigenvalue weighted by Gasteiger charge is -2.41. The van der Waals surface area contributed by atoms with Gasteiger partial charge in [-0.25, -0.2) is 0 Å². The number of hydrogen-bond acceptors (Lipinski definition) is 4. The standard InChI is InChI=1S/C15H20O3S/c1-14(2,19-12-7-5-4-6-8-12)13-9-11-10-16-15(3,17-11)18-13/h4-8,11,13H,9-10H2,1-3H3/t11-,13-,15+/m1/s1. The zero-order chi connectivity index (χ0) is 13.5. The topological polar surface area (TPSA) is 27.7 Å². The van der Waals surface area contributed by atoms with Crippen LogP contribution in [0.25, 0.3) is 0 Å². The molecule has 19 heavy (non-hydrogen) atoms. The molecule has 2 saturated heterocycles. The molecule has 0 amide bonds. The van der Waals surface area contributed by atoms with Gasteiger partial charge in [0.2, 0.25) is 0 Å². The van der Waals surface area contributed by atoms with E-state index in [0.717, 1.165) is 6.42 Å². The summed E-state index contributed by atoms with van der Waals surface area (Å²) in [5, 5.41) is 0. The van der Waals surface area contributed by atoms with Crippen LogP contribution in [0.15, 0.2) is 35.2 Å². The molecule has 2 aliphatic heterocycles. The Kier molecular flexibility index (Phi) is 3.38. The number of ether oxygens (including phenoxy) is 3. The Morgan fingerprint density at radius 2 is 1.95 bits per heavy atom. The van der Waals surface area contributed by atoms with Crippen molar-refractivity contribution in [3.63, 3.8) is 0 Å². The molecule has 3 atom stereocenters. The van der Waals surface area contributed by atoms with Crippen molar-refractivity contribution >= 4 is 11.8 Å². The van der Waals surface area contributed by atoms with Crippen molar-refractivity contribution in [2.75, 3.05) is 6.61 Å². The maximum Gasteiger partial charge on any atom is 0.280 e. The summed E-state index contributed by atoms with van der Waals surface area (Å²) in [6, 6.07) is 10.4. The highest BCUT2D eigenvalue weighted by molar-refractivity contribution is 8.00. The fourth-order valence-electron chi connectivity index (χ4n) is 2.62. The first-order valence-corrected chi connectivity index (χ1v) is 7.52. The normalized spacial score (nSPS) is 34.5. The quantitative estimate of drug-likeness (QED) is 0.793. The summed E-state index contributed by atoms with van der Waals surface area (Å²) in [6.07, 6.45) is 1.19. The van der Waals surface area contributed by atoms with Crippen molar-refractivity contribution in [2.24, 2.45) is 0 Å². The molecule has 3 rings (SSSR count). The Morgan fingerprint density at radius 1 is 1.21 bits per heavy atom. The number of hydrogen-bond donors (Lipinski definition) is 0. The molecule has 0 spiro atoms. The summed E-state index contributed by atoms with van der Waals surface area (Å²) in [7, 11) is 0. The van der Waals surface area contributed by atoms with Crippen molar-refractivity contribution in [1.82, 2.24) is 0 Å². The van der Waals surface area contributed by atoms with Gasteiger partial charge in [0.05, 0.1) is 18.8 Å². The minimum atomic E-state index is -0.845. The summed E-state index contributed by atoms with van der Waals surface area (Å²) in [4.78, 5) is 1.26. The van der Waals surface area contributed by atoms with E-state index in [1.165, 1.54) is 4.90 Å².